The Morgan fingerprint density at radius 3 is 2.65 bits per heavy atom. The summed E-state index contributed by atoms with van der Waals surface area (Å²) in [6.07, 6.45) is 2.01. The first-order valence-electron chi connectivity index (χ1n) is 5.79. The summed E-state index contributed by atoms with van der Waals surface area (Å²) in [4.78, 5) is 6.67. The molecule has 2 atom stereocenters. The van der Waals surface area contributed by atoms with E-state index in [2.05, 4.69) is 14.6 Å². The zero-order valence-electron chi connectivity index (χ0n) is 10.7. The molecule has 2 rings (SSSR count). The van der Waals surface area contributed by atoms with E-state index in [0.717, 1.165) is 30.1 Å². The molecular formula is C11H19N3O2S. The highest BCUT2D eigenvalue weighted by molar-refractivity contribution is 7.88. The van der Waals surface area contributed by atoms with Gasteiger partial charge in [0, 0.05) is 12.2 Å². The van der Waals surface area contributed by atoms with Crippen LogP contribution in [0.5, 0.6) is 0 Å². The number of sulfonamides is 1. The van der Waals surface area contributed by atoms with Crippen LogP contribution in [0.25, 0.3) is 0 Å². The molecule has 0 radical (unpaired) electrons. The van der Waals surface area contributed by atoms with E-state index in [1.807, 2.05) is 20.8 Å². The summed E-state index contributed by atoms with van der Waals surface area (Å²) in [5, 5.41) is 0. The molecule has 1 N–H and O–H groups in total. The fraction of sp³-hybridized carbons (Fsp3) is 0.727. The zero-order chi connectivity index (χ0) is 12.8. The lowest BCUT2D eigenvalue weighted by Crippen LogP contribution is -2.39. The van der Waals surface area contributed by atoms with E-state index in [4.69, 9.17) is 0 Å². The van der Waals surface area contributed by atoms with E-state index >= 15 is 0 Å². The van der Waals surface area contributed by atoms with E-state index in [0.29, 0.717) is 0 Å². The van der Waals surface area contributed by atoms with Crippen LogP contribution in [0.4, 0.5) is 0 Å². The van der Waals surface area contributed by atoms with E-state index < -0.39 is 10.0 Å². The van der Waals surface area contributed by atoms with Crippen molar-refractivity contribution in [2.75, 3.05) is 12.8 Å². The summed E-state index contributed by atoms with van der Waals surface area (Å²) in [5.74, 6) is 0.982. The van der Waals surface area contributed by atoms with Crippen molar-refractivity contribution < 1.29 is 8.42 Å². The third kappa shape index (κ3) is 2.37. The Bertz CT molecular complexity index is 493. The first-order chi connectivity index (χ1) is 7.79. The topological polar surface area (TPSA) is 61.8 Å². The molecule has 1 fully saturated rings. The summed E-state index contributed by atoms with van der Waals surface area (Å²) < 4.78 is 25.4. The van der Waals surface area contributed by atoms with Crippen LogP contribution >= 0.6 is 0 Å². The monoisotopic (exact) mass is 257 g/mol. The van der Waals surface area contributed by atoms with Crippen LogP contribution < -0.4 is 4.72 Å². The molecule has 17 heavy (non-hydrogen) atoms. The lowest BCUT2D eigenvalue weighted by atomic mass is 10.0. The molecule has 0 amide bonds. The molecule has 0 bridgehead atoms. The van der Waals surface area contributed by atoms with Crippen LogP contribution in [-0.2, 0) is 10.0 Å². The first kappa shape index (κ1) is 12.6. The molecule has 96 valence electrons. The van der Waals surface area contributed by atoms with Crippen molar-refractivity contribution >= 4 is 15.9 Å². The van der Waals surface area contributed by atoms with Crippen molar-refractivity contribution in [3.8, 4) is 0 Å². The Morgan fingerprint density at radius 1 is 1.41 bits per heavy atom. The third-order valence-corrected chi connectivity index (χ3v) is 4.13. The van der Waals surface area contributed by atoms with Gasteiger partial charge in [-0.15, -0.1) is 0 Å². The van der Waals surface area contributed by atoms with Gasteiger partial charge in [0.1, 0.15) is 5.84 Å². The summed E-state index contributed by atoms with van der Waals surface area (Å²) in [5.41, 5.74) is 2.25. The van der Waals surface area contributed by atoms with Crippen molar-refractivity contribution in [2.45, 2.75) is 39.3 Å². The van der Waals surface area contributed by atoms with Gasteiger partial charge >= 0.3 is 0 Å². The highest BCUT2D eigenvalue weighted by atomic mass is 32.2. The third-order valence-electron chi connectivity index (χ3n) is 3.42. The normalized spacial score (nSPS) is 29.4. The molecule has 1 saturated heterocycles. The molecule has 2 aliphatic heterocycles. The minimum atomic E-state index is -3.17. The van der Waals surface area contributed by atoms with Gasteiger partial charge < -0.3 is 4.90 Å². The second-order valence-corrected chi connectivity index (χ2v) is 6.58. The molecule has 0 aromatic carbocycles. The largest absolute Gasteiger partial charge is 0.332 e. The molecule has 0 unspecified atom stereocenters. The number of nitrogens with zero attached hydrogens (tertiary/aromatic N) is 2. The van der Waals surface area contributed by atoms with Crippen molar-refractivity contribution in [1.82, 2.24) is 9.62 Å². The highest BCUT2D eigenvalue weighted by Gasteiger charge is 2.35. The van der Waals surface area contributed by atoms with Gasteiger partial charge in [0.2, 0.25) is 10.0 Å². The number of hydrogen-bond donors (Lipinski definition) is 1. The maximum absolute atomic E-state index is 11.3. The van der Waals surface area contributed by atoms with Gasteiger partial charge in [-0.1, -0.05) is 0 Å². The molecule has 0 aromatic rings. The van der Waals surface area contributed by atoms with Gasteiger partial charge in [0.25, 0.3) is 0 Å². The fourth-order valence-corrected chi connectivity index (χ4v) is 3.31. The number of nitrogens with one attached hydrogen (secondary N) is 1. The predicted octanol–water partition coefficient (Wildman–Crippen LogP) is 0.704. The van der Waals surface area contributed by atoms with Crippen molar-refractivity contribution in [3.05, 3.63) is 11.3 Å². The van der Waals surface area contributed by atoms with Gasteiger partial charge in [0.15, 0.2) is 0 Å². The Kier molecular flexibility index (Phi) is 3.03. The number of amidine groups is 1. The van der Waals surface area contributed by atoms with Gasteiger partial charge in [-0.3, -0.25) is 4.99 Å². The molecule has 0 saturated carbocycles. The van der Waals surface area contributed by atoms with Crippen LogP contribution in [0.15, 0.2) is 16.3 Å². The molecule has 0 spiro atoms. The van der Waals surface area contributed by atoms with E-state index in [-0.39, 0.29) is 12.1 Å². The highest BCUT2D eigenvalue weighted by Crippen LogP contribution is 2.31. The van der Waals surface area contributed by atoms with Gasteiger partial charge in [-0.25, -0.2) is 13.1 Å². The molecule has 0 aliphatic carbocycles. The van der Waals surface area contributed by atoms with Crippen molar-refractivity contribution in [3.63, 3.8) is 0 Å². The average molecular weight is 257 g/mol. The smallest absolute Gasteiger partial charge is 0.209 e. The van der Waals surface area contributed by atoms with Crippen molar-refractivity contribution in [2.24, 2.45) is 4.99 Å². The van der Waals surface area contributed by atoms with Crippen LogP contribution in [0.2, 0.25) is 0 Å². The number of fused-ring (bicyclic) bond motifs is 1. The second kappa shape index (κ2) is 4.10. The molecule has 5 nitrogen and oxygen atoms in total. The number of rotatable bonds is 2. The maximum Gasteiger partial charge on any atom is 0.209 e. The minimum Gasteiger partial charge on any atom is -0.332 e. The maximum atomic E-state index is 11.3. The minimum absolute atomic E-state index is 0.0992. The summed E-state index contributed by atoms with van der Waals surface area (Å²) in [6.45, 7) is 6.89. The zero-order valence-corrected chi connectivity index (χ0v) is 11.5. The fourth-order valence-electron chi connectivity index (χ4n) is 2.56. The predicted molar refractivity (Wildman–Crippen MR) is 68.4 cm³/mol. The van der Waals surface area contributed by atoms with Crippen LogP contribution in [0.1, 0.15) is 27.2 Å². The number of aliphatic imine (C=N–C) groups is 1. The molecule has 6 heteroatoms. The Hall–Kier alpha value is -0.880. The quantitative estimate of drug-likeness (QED) is 0.792. The standard InChI is InChI=1S/C11H19N3O2S/c1-7-8(2)12-9(3)14-6-5-10(11(7)14)13-17(4,15)16/h8,10,13H,5-6H2,1-4H3/t8-,10-/m0/s1. The second-order valence-electron chi connectivity index (χ2n) is 4.80. The Morgan fingerprint density at radius 2 is 2.06 bits per heavy atom. The number of hydrogen-bond acceptors (Lipinski definition) is 4. The van der Waals surface area contributed by atoms with Crippen LogP contribution in [0, 0.1) is 0 Å². The van der Waals surface area contributed by atoms with E-state index in [9.17, 15) is 8.42 Å². The summed E-state index contributed by atoms with van der Waals surface area (Å²) in [7, 11) is -3.17. The van der Waals surface area contributed by atoms with Crippen molar-refractivity contribution in [1.29, 1.82) is 0 Å². The summed E-state index contributed by atoms with van der Waals surface area (Å²) >= 11 is 0. The van der Waals surface area contributed by atoms with Crippen LogP contribution in [0.3, 0.4) is 0 Å². The molecular weight excluding hydrogens is 238 g/mol. The first-order valence-corrected chi connectivity index (χ1v) is 7.68. The molecule has 2 aliphatic rings. The average Bonchev–Trinajstić information content (AvgIpc) is 2.56. The Balaban J connectivity index is 2.33. The summed E-state index contributed by atoms with van der Waals surface area (Å²) in [6, 6.07) is 0.0427. The van der Waals surface area contributed by atoms with Crippen LogP contribution in [-0.4, -0.2) is 44.0 Å². The van der Waals surface area contributed by atoms with E-state index in [1.165, 1.54) is 6.26 Å². The van der Waals surface area contributed by atoms with E-state index in [1.54, 1.807) is 0 Å². The lowest BCUT2D eigenvalue weighted by molar-refractivity contribution is 0.536. The van der Waals surface area contributed by atoms with Gasteiger partial charge in [-0.05, 0) is 32.8 Å². The van der Waals surface area contributed by atoms with Gasteiger partial charge in [-0.2, -0.15) is 0 Å². The molecule has 2 heterocycles. The lowest BCUT2D eigenvalue weighted by Gasteiger charge is -2.31. The van der Waals surface area contributed by atoms with Gasteiger partial charge in [0.05, 0.1) is 18.3 Å². The Labute approximate surface area is 103 Å². The molecule has 0 aromatic heterocycles. The SMILES string of the molecule is CC1=N[C@@H](C)C(C)=C2[C@@H](NS(C)(=O)=O)CCN12.